The van der Waals surface area contributed by atoms with Crippen molar-refractivity contribution in [1.29, 1.82) is 0 Å². The van der Waals surface area contributed by atoms with Crippen LogP contribution in [-0.4, -0.2) is 16.6 Å². The number of amides is 1. The number of hydrogen-bond donors (Lipinski definition) is 1. The maximum absolute atomic E-state index is 12.4. The molecule has 1 N–H and O–H groups in total. The molecule has 0 bridgehead atoms. The quantitative estimate of drug-likeness (QED) is 0.855. The predicted octanol–water partition coefficient (Wildman–Crippen LogP) is 4.30. The lowest BCUT2D eigenvalue weighted by molar-refractivity contribution is 0.102. The summed E-state index contributed by atoms with van der Waals surface area (Å²) in [6, 6.07) is 9.62. The average Bonchev–Trinajstić information content (AvgIpc) is 2.41. The van der Waals surface area contributed by atoms with E-state index in [-0.39, 0.29) is 22.4 Å². The van der Waals surface area contributed by atoms with Gasteiger partial charge >= 0.3 is 0 Å². The van der Waals surface area contributed by atoms with Gasteiger partial charge in [0.25, 0.3) is 11.7 Å². The van der Waals surface area contributed by atoms with Crippen LogP contribution in [-0.2, 0) is 0 Å². The molecule has 1 heterocycles. The van der Waals surface area contributed by atoms with Crippen LogP contribution in [0.15, 0.2) is 47.6 Å². The molecule has 0 spiro atoms. The molecular weight excluding hydrogens is 306 g/mol. The van der Waals surface area contributed by atoms with Crippen LogP contribution in [0.4, 0.5) is 14.5 Å². The molecule has 0 atom stereocenters. The summed E-state index contributed by atoms with van der Waals surface area (Å²) in [6.45, 7) is 0. The summed E-state index contributed by atoms with van der Waals surface area (Å²) in [7, 11) is 0. The number of halogens is 3. The van der Waals surface area contributed by atoms with E-state index in [0.717, 1.165) is 0 Å². The van der Waals surface area contributed by atoms with Crippen molar-refractivity contribution in [1.82, 2.24) is 4.98 Å². The van der Waals surface area contributed by atoms with Gasteiger partial charge in [0, 0.05) is 6.20 Å². The van der Waals surface area contributed by atoms with E-state index in [1.807, 2.05) is 0 Å². The van der Waals surface area contributed by atoms with Crippen molar-refractivity contribution in [3.8, 4) is 0 Å². The third-order valence-electron chi connectivity index (χ3n) is 2.34. The van der Waals surface area contributed by atoms with Gasteiger partial charge in [-0.3, -0.25) is 4.79 Å². The van der Waals surface area contributed by atoms with Crippen LogP contribution in [0.2, 0.25) is 5.02 Å². The van der Waals surface area contributed by atoms with Crippen molar-refractivity contribution >= 4 is 35.0 Å². The Bertz CT molecular complexity index is 625. The monoisotopic (exact) mass is 314 g/mol. The van der Waals surface area contributed by atoms with E-state index >= 15 is 0 Å². The van der Waals surface area contributed by atoms with Crippen molar-refractivity contribution in [3.63, 3.8) is 0 Å². The zero-order valence-electron chi connectivity index (χ0n) is 10.0. The van der Waals surface area contributed by atoms with E-state index in [9.17, 15) is 13.6 Å². The molecule has 0 unspecified atom stereocenters. The molecule has 0 radical (unpaired) electrons. The molecule has 0 saturated carbocycles. The van der Waals surface area contributed by atoms with Gasteiger partial charge in [-0.15, -0.1) is 0 Å². The topological polar surface area (TPSA) is 42.0 Å². The molecule has 20 heavy (non-hydrogen) atoms. The van der Waals surface area contributed by atoms with Crippen LogP contribution < -0.4 is 5.32 Å². The van der Waals surface area contributed by atoms with Crippen LogP contribution in [0.1, 0.15) is 10.4 Å². The zero-order chi connectivity index (χ0) is 14.5. The van der Waals surface area contributed by atoms with E-state index in [2.05, 4.69) is 10.3 Å². The molecule has 0 aliphatic heterocycles. The molecule has 1 aromatic heterocycles. The van der Waals surface area contributed by atoms with Gasteiger partial charge < -0.3 is 5.32 Å². The lowest BCUT2D eigenvalue weighted by Gasteiger charge is -2.09. The minimum absolute atomic E-state index is 0.0212. The molecule has 2 rings (SSSR count). The highest BCUT2D eigenvalue weighted by Gasteiger charge is 2.17. The normalized spacial score (nSPS) is 10.6. The highest BCUT2D eigenvalue weighted by Crippen LogP contribution is 2.27. The third kappa shape index (κ3) is 3.68. The predicted molar refractivity (Wildman–Crippen MR) is 75.5 cm³/mol. The Balaban J connectivity index is 2.23. The SMILES string of the molecule is O=C(Nc1ccccc1Cl)c1cccnc1SC(F)F. The fourth-order valence-electron chi connectivity index (χ4n) is 1.49. The van der Waals surface area contributed by atoms with Gasteiger partial charge in [0.15, 0.2) is 0 Å². The van der Waals surface area contributed by atoms with E-state index in [0.29, 0.717) is 10.7 Å². The zero-order valence-corrected chi connectivity index (χ0v) is 11.6. The number of pyridine rings is 1. The molecule has 0 fully saturated rings. The number of aromatic nitrogens is 1. The van der Waals surface area contributed by atoms with Crippen LogP contribution in [0.25, 0.3) is 0 Å². The number of alkyl halides is 2. The number of thioether (sulfide) groups is 1. The third-order valence-corrected chi connectivity index (χ3v) is 3.39. The van der Waals surface area contributed by atoms with Crippen molar-refractivity contribution < 1.29 is 13.6 Å². The van der Waals surface area contributed by atoms with Gasteiger partial charge in [-0.2, -0.15) is 8.78 Å². The van der Waals surface area contributed by atoms with Crippen LogP contribution in [0, 0.1) is 0 Å². The molecule has 0 aliphatic carbocycles. The number of para-hydroxylation sites is 1. The van der Waals surface area contributed by atoms with Crippen molar-refractivity contribution in [3.05, 3.63) is 53.2 Å². The lowest BCUT2D eigenvalue weighted by atomic mass is 10.2. The molecule has 3 nitrogen and oxygen atoms in total. The van der Waals surface area contributed by atoms with Crippen LogP contribution >= 0.6 is 23.4 Å². The molecular formula is C13H9ClF2N2OS. The van der Waals surface area contributed by atoms with Gasteiger partial charge in [-0.25, -0.2) is 4.98 Å². The minimum atomic E-state index is -2.64. The fourth-order valence-corrected chi connectivity index (χ4v) is 2.26. The molecule has 1 aromatic carbocycles. The number of nitrogens with zero attached hydrogens (tertiary/aromatic N) is 1. The summed E-state index contributed by atoms with van der Waals surface area (Å²) < 4.78 is 24.9. The maximum atomic E-state index is 12.4. The van der Waals surface area contributed by atoms with Gasteiger partial charge in [0.1, 0.15) is 5.03 Å². The first-order valence-electron chi connectivity index (χ1n) is 5.53. The number of rotatable bonds is 4. The fraction of sp³-hybridized carbons (Fsp3) is 0.0769. The summed E-state index contributed by atoms with van der Waals surface area (Å²) in [6.07, 6.45) is 1.36. The van der Waals surface area contributed by atoms with Gasteiger partial charge in [-0.1, -0.05) is 23.7 Å². The molecule has 2 aromatic rings. The molecule has 0 aliphatic rings. The summed E-state index contributed by atoms with van der Waals surface area (Å²) in [5, 5.41) is 2.92. The largest absolute Gasteiger partial charge is 0.321 e. The Morgan fingerprint density at radius 3 is 2.70 bits per heavy atom. The Morgan fingerprint density at radius 2 is 2.00 bits per heavy atom. The number of benzene rings is 1. The number of nitrogens with one attached hydrogen (secondary N) is 1. The van der Waals surface area contributed by atoms with E-state index in [1.165, 1.54) is 18.3 Å². The Labute approximate surface area is 123 Å². The van der Waals surface area contributed by atoms with Gasteiger partial charge in [0.2, 0.25) is 0 Å². The smallest absolute Gasteiger partial charge is 0.290 e. The Kier molecular flexibility index (Phi) is 4.92. The van der Waals surface area contributed by atoms with Crippen molar-refractivity contribution in [2.45, 2.75) is 10.8 Å². The first-order chi connectivity index (χ1) is 9.58. The molecule has 104 valence electrons. The summed E-state index contributed by atoms with van der Waals surface area (Å²) >= 11 is 6.15. The molecule has 0 saturated heterocycles. The van der Waals surface area contributed by atoms with Gasteiger partial charge in [0.05, 0.1) is 16.3 Å². The Hall–Kier alpha value is -1.66. The van der Waals surface area contributed by atoms with Crippen LogP contribution in [0.5, 0.6) is 0 Å². The number of hydrogen-bond acceptors (Lipinski definition) is 3. The van der Waals surface area contributed by atoms with Gasteiger partial charge in [-0.05, 0) is 36.0 Å². The second-order valence-electron chi connectivity index (χ2n) is 3.67. The summed E-state index contributed by atoms with van der Waals surface area (Å²) in [5.74, 6) is -3.17. The summed E-state index contributed by atoms with van der Waals surface area (Å²) in [4.78, 5) is 15.9. The highest BCUT2D eigenvalue weighted by atomic mass is 35.5. The maximum Gasteiger partial charge on any atom is 0.290 e. The minimum Gasteiger partial charge on any atom is -0.321 e. The molecule has 7 heteroatoms. The standard InChI is InChI=1S/C13H9ClF2N2OS/c14-9-5-1-2-6-10(9)18-11(19)8-4-3-7-17-12(8)20-13(15)16/h1-7,13H,(H,18,19). The van der Waals surface area contributed by atoms with Crippen LogP contribution in [0.3, 0.4) is 0 Å². The van der Waals surface area contributed by atoms with E-state index < -0.39 is 11.7 Å². The van der Waals surface area contributed by atoms with Crippen molar-refractivity contribution in [2.24, 2.45) is 0 Å². The molecule has 1 amide bonds. The van der Waals surface area contributed by atoms with Crippen molar-refractivity contribution in [2.75, 3.05) is 5.32 Å². The number of anilines is 1. The first kappa shape index (κ1) is 14.7. The highest BCUT2D eigenvalue weighted by molar-refractivity contribution is 7.99. The average molecular weight is 315 g/mol. The second-order valence-corrected chi connectivity index (χ2v) is 5.05. The Morgan fingerprint density at radius 1 is 1.25 bits per heavy atom. The number of carbonyl (C=O) groups excluding carboxylic acids is 1. The second kappa shape index (κ2) is 6.67. The number of carbonyl (C=O) groups is 1. The van der Waals surface area contributed by atoms with E-state index in [4.69, 9.17) is 11.6 Å². The van der Waals surface area contributed by atoms with E-state index in [1.54, 1.807) is 24.3 Å². The lowest BCUT2D eigenvalue weighted by Crippen LogP contribution is -2.14. The first-order valence-corrected chi connectivity index (χ1v) is 6.79. The summed E-state index contributed by atoms with van der Waals surface area (Å²) in [5.41, 5.74) is 0.494.